The van der Waals surface area contributed by atoms with E-state index in [4.69, 9.17) is 9.15 Å². The molecule has 5 rings (SSSR count). The Morgan fingerprint density at radius 2 is 1.97 bits per heavy atom. The van der Waals surface area contributed by atoms with Crippen molar-refractivity contribution in [2.75, 3.05) is 6.61 Å². The fraction of sp³-hybridized carbons (Fsp3) is 0.769. The maximum atomic E-state index is 11.8. The van der Waals surface area contributed by atoms with Crippen LogP contribution in [0.3, 0.4) is 0 Å². The van der Waals surface area contributed by atoms with Crippen LogP contribution in [-0.4, -0.2) is 17.8 Å². The molecule has 4 saturated carbocycles. The lowest BCUT2D eigenvalue weighted by molar-refractivity contribution is -0.164. The van der Waals surface area contributed by atoms with E-state index in [1.807, 2.05) is 12.1 Å². The van der Waals surface area contributed by atoms with Gasteiger partial charge in [-0.15, -0.1) is 6.58 Å². The summed E-state index contributed by atoms with van der Waals surface area (Å²) in [5.74, 6) is 3.01. The number of furan rings is 1. The van der Waals surface area contributed by atoms with Gasteiger partial charge in [0.1, 0.15) is 0 Å². The number of ether oxygens (including phenoxy) is 1. The zero-order valence-corrected chi connectivity index (χ0v) is 18.2. The second kappa shape index (κ2) is 6.99. The quantitative estimate of drug-likeness (QED) is 0.625. The van der Waals surface area contributed by atoms with Crippen LogP contribution in [0, 0.1) is 34.5 Å². The molecule has 8 atom stereocenters. The molecule has 160 valence electrons. The zero-order valence-electron chi connectivity index (χ0n) is 18.2. The van der Waals surface area contributed by atoms with Crippen molar-refractivity contribution >= 4 is 0 Å². The van der Waals surface area contributed by atoms with Crippen LogP contribution in [-0.2, 0) is 10.3 Å². The molecule has 1 aromatic heterocycles. The van der Waals surface area contributed by atoms with Crippen molar-refractivity contribution in [1.82, 2.24) is 0 Å². The normalized spacial score (nSPS) is 49.1. The molecule has 0 aromatic carbocycles. The molecule has 1 aromatic rings. The number of fused-ring (bicyclic) bond motifs is 5. The van der Waals surface area contributed by atoms with Crippen LogP contribution in [0.2, 0.25) is 0 Å². The molecule has 4 aliphatic rings. The summed E-state index contributed by atoms with van der Waals surface area (Å²) >= 11 is 0. The summed E-state index contributed by atoms with van der Waals surface area (Å²) < 4.78 is 11.4. The summed E-state index contributed by atoms with van der Waals surface area (Å²) in [4.78, 5) is 0. The maximum absolute atomic E-state index is 11.8. The topological polar surface area (TPSA) is 42.6 Å². The van der Waals surface area contributed by atoms with Gasteiger partial charge in [0.25, 0.3) is 0 Å². The summed E-state index contributed by atoms with van der Waals surface area (Å²) in [7, 11) is 0. The highest BCUT2D eigenvalue weighted by Gasteiger charge is 2.65. The maximum Gasteiger partial charge on any atom is 0.0983 e. The molecule has 0 aliphatic heterocycles. The minimum absolute atomic E-state index is 0.0223. The molecule has 0 bridgehead atoms. The van der Waals surface area contributed by atoms with Gasteiger partial charge in [0.15, 0.2) is 0 Å². The van der Waals surface area contributed by atoms with E-state index in [1.54, 1.807) is 12.5 Å². The minimum atomic E-state index is -0.719. The molecule has 1 heterocycles. The van der Waals surface area contributed by atoms with E-state index in [9.17, 15) is 5.11 Å². The van der Waals surface area contributed by atoms with Crippen molar-refractivity contribution in [3.05, 3.63) is 36.8 Å². The summed E-state index contributed by atoms with van der Waals surface area (Å²) in [5.41, 5.74) is 0.713. The summed E-state index contributed by atoms with van der Waals surface area (Å²) in [6.07, 6.45) is 16.7. The minimum Gasteiger partial charge on any atom is -0.472 e. The number of aliphatic hydroxyl groups is 1. The van der Waals surface area contributed by atoms with Gasteiger partial charge < -0.3 is 14.3 Å². The van der Waals surface area contributed by atoms with Gasteiger partial charge in [0, 0.05) is 11.0 Å². The molecule has 0 unspecified atom stereocenters. The predicted octanol–water partition coefficient (Wildman–Crippen LogP) is 6.08. The van der Waals surface area contributed by atoms with E-state index in [2.05, 4.69) is 20.4 Å². The van der Waals surface area contributed by atoms with Crippen molar-refractivity contribution in [1.29, 1.82) is 0 Å². The van der Waals surface area contributed by atoms with Crippen molar-refractivity contribution < 1.29 is 14.3 Å². The first-order chi connectivity index (χ1) is 13.9. The third kappa shape index (κ3) is 2.76. The van der Waals surface area contributed by atoms with Gasteiger partial charge in [0.05, 0.1) is 30.8 Å². The first-order valence-electron chi connectivity index (χ1n) is 11.9. The highest BCUT2D eigenvalue weighted by molar-refractivity contribution is 5.26. The standard InChI is InChI=1S/C26H38O3/c1-4-14-29-20-7-11-24(2)18(16-20)5-6-21-22(24)8-12-25(3)23(21)9-13-26(25,27)19-10-15-28-17-19/h4,10,15,17-18,20-23,27H,1,5-9,11-14,16H2,2-3H3/t18-,20+,21-,22+,23+,24+,25+,26-/m1/s1. The third-order valence-electron chi connectivity index (χ3n) is 10.2. The SMILES string of the molecule is C=CCO[C@H]1CC[C@@]2(C)[C@H](CC[C@@H]3[C@@H]2CC[C@@]2(C)[C@H]3CC[C@@]2(O)c2ccoc2)C1. The van der Waals surface area contributed by atoms with Gasteiger partial charge in [-0.1, -0.05) is 19.9 Å². The Morgan fingerprint density at radius 1 is 1.14 bits per heavy atom. The molecule has 0 radical (unpaired) electrons. The molecule has 3 nitrogen and oxygen atoms in total. The van der Waals surface area contributed by atoms with E-state index in [-0.39, 0.29) is 5.41 Å². The Hall–Kier alpha value is -1.06. The second-order valence-corrected chi connectivity index (χ2v) is 11.0. The lowest BCUT2D eigenvalue weighted by Crippen LogP contribution is -2.56. The smallest absolute Gasteiger partial charge is 0.0983 e. The van der Waals surface area contributed by atoms with Crippen molar-refractivity contribution in [2.24, 2.45) is 34.5 Å². The molecule has 0 spiro atoms. The van der Waals surface area contributed by atoms with E-state index in [0.717, 1.165) is 42.6 Å². The van der Waals surface area contributed by atoms with Crippen LogP contribution in [0.4, 0.5) is 0 Å². The Labute approximate surface area is 175 Å². The molecule has 3 heteroatoms. The predicted molar refractivity (Wildman–Crippen MR) is 114 cm³/mol. The van der Waals surface area contributed by atoms with Crippen LogP contribution < -0.4 is 0 Å². The van der Waals surface area contributed by atoms with Crippen LogP contribution in [0.1, 0.15) is 77.2 Å². The van der Waals surface area contributed by atoms with Gasteiger partial charge in [-0.05, 0) is 92.9 Å². The monoisotopic (exact) mass is 398 g/mol. The zero-order chi connectivity index (χ0) is 20.3. The fourth-order valence-corrected chi connectivity index (χ4v) is 8.56. The van der Waals surface area contributed by atoms with Gasteiger partial charge >= 0.3 is 0 Å². The Balaban J connectivity index is 1.38. The number of hydrogen-bond acceptors (Lipinski definition) is 3. The largest absolute Gasteiger partial charge is 0.472 e. The van der Waals surface area contributed by atoms with Crippen LogP contribution >= 0.6 is 0 Å². The molecule has 4 aliphatic carbocycles. The van der Waals surface area contributed by atoms with Crippen molar-refractivity contribution in [3.63, 3.8) is 0 Å². The molecule has 4 fully saturated rings. The van der Waals surface area contributed by atoms with Crippen LogP contribution in [0.15, 0.2) is 35.7 Å². The Bertz CT molecular complexity index is 741. The van der Waals surface area contributed by atoms with Crippen LogP contribution in [0.5, 0.6) is 0 Å². The molecule has 29 heavy (non-hydrogen) atoms. The van der Waals surface area contributed by atoms with E-state index in [1.165, 1.54) is 38.5 Å². The number of hydrogen-bond donors (Lipinski definition) is 1. The van der Waals surface area contributed by atoms with Gasteiger partial charge in [-0.2, -0.15) is 0 Å². The second-order valence-electron chi connectivity index (χ2n) is 11.0. The number of rotatable bonds is 4. The van der Waals surface area contributed by atoms with E-state index >= 15 is 0 Å². The van der Waals surface area contributed by atoms with Gasteiger partial charge in [0.2, 0.25) is 0 Å². The lowest BCUT2D eigenvalue weighted by Gasteiger charge is -2.61. The Kier molecular flexibility index (Phi) is 4.79. The highest BCUT2D eigenvalue weighted by Crippen LogP contribution is 2.70. The molecule has 0 amide bonds. The third-order valence-corrected chi connectivity index (χ3v) is 10.2. The molecular formula is C26H38O3. The lowest BCUT2D eigenvalue weighted by atomic mass is 9.44. The summed E-state index contributed by atoms with van der Waals surface area (Å²) in [6.45, 7) is 9.47. The molecular weight excluding hydrogens is 360 g/mol. The first-order valence-corrected chi connectivity index (χ1v) is 11.9. The van der Waals surface area contributed by atoms with E-state index in [0.29, 0.717) is 24.0 Å². The summed E-state index contributed by atoms with van der Waals surface area (Å²) in [5, 5.41) is 11.8. The Morgan fingerprint density at radius 3 is 2.72 bits per heavy atom. The van der Waals surface area contributed by atoms with Crippen molar-refractivity contribution in [3.8, 4) is 0 Å². The van der Waals surface area contributed by atoms with Crippen LogP contribution in [0.25, 0.3) is 0 Å². The average Bonchev–Trinajstić information content (AvgIpc) is 3.34. The first kappa shape index (κ1) is 19.9. The molecule has 0 saturated heterocycles. The van der Waals surface area contributed by atoms with E-state index < -0.39 is 5.60 Å². The van der Waals surface area contributed by atoms with Crippen molar-refractivity contribution in [2.45, 2.75) is 83.3 Å². The molecule has 1 N–H and O–H groups in total. The summed E-state index contributed by atoms with van der Waals surface area (Å²) in [6, 6.07) is 1.99. The van der Waals surface area contributed by atoms with Gasteiger partial charge in [-0.3, -0.25) is 0 Å². The highest BCUT2D eigenvalue weighted by atomic mass is 16.5. The fourth-order valence-electron chi connectivity index (χ4n) is 8.56. The average molecular weight is 399 g/mol. The van der Waals surface area contributed by atoms with Gasteiger partial charge in [-0.25, -0.2) is 0 Å².